The van der Waals surface area contributed by atoms with Crippen LogP contribution in [0, 0.1) is 6.92 Å². The van der Waals surface area contributed by atoms with E-state index in [1.807, 2.05) is 31.2 Å². The Hall–Kier alpha value is -3.14. The largest absolute Gasteiger partial charge is 0.463 e. The SMILES string of the molecule is CCc1cccc(CC)c1NC(=O)/C=C/c1coc2ccc(C)cc2c1=O. The molecule has 0 aliphatic carbocycles. The van der Waals surface area contributed by atoms with E-state index in [0.717, 1.165) is 35.2 Å². The van der Waals surface area contributed by atoms with E-state index in [2.05, 4.69) is 19.2 Å². The van der Waals surface area contributed by atoms with Gasteiger partial charge in [-0.3, -0.25) is 9.59 Å². The minimum absolute atomic E-state index is 0.146. The van der Waals surface area contributed by atoms with Gasteiger partial charge in [0.15, 0.2) is 5.43 Å². The molecule has 2 aromatic carbocycles. The lowest BCUT2D eigenvalue weighted by atomic mass is 10.0. The molecule has 0 bridgehead atoms. The third-order valence-electron chi connectivity index (χ3n) is 4.62. The van der Waals surface area contributed by atoms with E-state index < -0.39 is 0 Å². The molecule has 0 aliphatic rings. The molecule has 1 heterocycles. The van der Waals surface area contributed by atoms with Gasteiger partial charge in [0.1, 0.15) is 11.8 Å². The molecule has 0 atom stereocenters. The minimum atomic E-state index is -0.269. The van der Waals surface area contributed by atoms with Crippen LogP contribution in [0.15, 0.2) is 57.9 Å². The van der Waals surface area contributed by atoms with Gasteiger partial charge in [0.25, 0.3) is 0 Å². The fraction of sp³-hybridized carbons (Fsp3) is 0.217. The lowest BCUT2D eigenvalue weighted by Gasteiger charge is -2.13. The van der Waals surface area contributed by atoms with E-state index in [1.165, 1.54) is 18.4 Å². The van der Waals surface area contributed by atoms with E-state index >= 15 is 0 Å². The van der Waals surface area contributed by atoms with Crippen LogP contribution in [0.5, 0.6) is 0 Å². The summed E-state index contributed by atoms with van der Waals surface area (Å²) in [5, 5.41) is 3.47. The highest BCUT2D eigenvalue weighted by Crippen LogP contribution is 2.22. The van der Waals surface area contributed by atoms with Crippen molar-refractivity contribution in [2.75, 3.05) is 5.32 Å². The first-order valence-corrected chi connectivity index (χ1v) is 9.15. The number of anilines is 1. The lowest BCUT2D eigenvalue weighted by Crippen LogP contribution is -2.12. The van der Waals surface area contributed by atoms with Crippen molar-refractivity contribution in [3.63, 3.8) is 0 Å². The number of hydrogen-bond acceptors (Lipinski definition) is 3. The Morgan fingerprint density at radius 3 is 2.48 bits per heavy atom. The van der Waals surface area contributed by atoms with Crippen LogP contribution >= 0.6 is 0 Å². The molecule has 1 aromatic heterocycles. The zero-order valence-electron chi connectivity index (χ0n) is 15.8. The molecular weight excluding hydrogens is 338 g/mol. The summed E-state index contributed by atoms with van der Waals surface area (Å²) in [7, 11) is 0. The first kappa shape index (κ1) is 18.6. The van der Waals surface area contributed by atoms with Crippen molar-refractivity contribution < 1.29 is 9.21 Å². The molecule has 138 valence electrons. The molecule has 0 radical (unpaired) electrons. The van der Waals surface area contributed by atoms with Crippen LogP contribution in [-0.2, 0) is 17.6 Å². The maximum absolute atomic E-state index is 12.6. The fourth-order valence-corrected chi connectivity index (χ4v) is 3.11. The molecule has 0 unspecified atom stereocenters. The molecule has 0 fully saturated rings. The van der Waals surface area contributed by atoms with Gasteiger partial charge in [-0.1, -0.05) is 43.7 Å². The number of aryl methyl sites for hydroxylation is 3. The highest BCUT2D eigenvalue weighted by molar-refractivity contribution is 6.03. The average molecular weight is 361 g/mol. The first-order chi connectivity index (χ1) is 13.0. The Balaban J connectivity index is 1.87. The molecule has 1 amide bonds. The number of carbonyl (C=O) groups is 1. The molecule has 0 spiro atoms. The molecule has 3 aromatic rings. The van der Waals surface area contributed by atoms with E-state index in [0.29, 0.717) is 16.5 Å². The van der Waals surface area contributed by atoms with Crippen LogP contribution in [0.25, 0.3) is 17.0 Å². The molecule has 0 saturated carbocycles. The van der Waals surface area contributed by atoms with Crippen molar-refractivity contribution in [3.05, 3.63) is 81.2 Å². The summed E-state index contributed by atoms with van der Waals surface area (Å²) in [5.74, 6) is -0.269. The molecule has 4 nitrogen and oxygen atoms in total. The Bertz CT molecular complexity index is 1050. The Labute approximate surface area is 158 Å². The summed E-state index contributed by atoms with van der Waals surface area (Å²) >= 11 is 0. The number of para-hydroxylation sites is 1. The van der Waals surface area contributed by atoms with Gasteiger partial charge in [0.2, 0.25) is 5.91 Å². The number of nitrogens with one attached hydrogen (secondary N) is 1. The summed E-state index contributed by atoms with van der Waals surface area (Å²) in [6.07, 6.45) is 5.94. The number of benzene rings is 2. The molecule has 4 heteroatoms. The molecule has 27 heavy (non-hydrogen) atoms. The van der Waals surface area contributed by atoms with E-state index in [9.17, 15) is 9.59 Å². The van der Waals surface area contributed by atoms with E-state index in [1.54, 1.807) is 12.1 Å². The summed E-state index contributed by atoms with van der Waals surface area (Å²) in [6.45, 7) is 6.04. The maximum Gasteiger partial charge on any atom is 0.248 e. The Morgan fingerprint density at radius 1 is 1.11 bits per heavy atom. The molecule has 3 rings (SSSR count). The normalized spacial score (nSPS) is 11.2. The standard InChI is InChI=1S/C23H23NO3/c1-4-16-7-6-8-17(5-2)22(16)24-21(25)12-10-18-14-27-20-11-9-15(3)13-19(20)23(18)26/h6-14H,4-5H2,1-3H3,(H,24,25)/b12-10+. The van der Waals surface area contributed by atoms with Crippen LogP contribution in [0.1, 0.15) is 36.1 Å². The van der Waals surface area contributed by atoms with Gasteiger partial charge in [-0.25, -0.2) is 0 Å². The van der Waals surface area contributed by atoms with Gasteiger partial charge < -0.3 is 9.73 Å². The van der Waals surface area contributed by atoms with Gasteiger partial charge in [-0.15, -0.1) is 0 Å². The van der Waals surface area contributed by atoms with Crippen LogP contribution in [0.4, 0.5) is 5.69 Å². The van der Waals surface area contributed by atoms with Gasteiger partial charge in [-0.2, -0.15) is 0 Å². The second-order valence-corrected chi connectivity index (χ2v) is 6.50. The number of hydrogen-bond donors (Lipinski definition) is 1. The fourth-order valence-electron chi connectivity index (χ4n) is 3.11. The number of fused-ring (bicyclic) bond motifs is 1. The lowest BCUT2D eigenvalue weighted by molar-refractivity contribution is -0.111. The predicted octanol–water partition coefficient (Wildman–Crippen LogP) is 4.88. The van der Waals surface area contributed by atoms with Crippen LogP contribution < -0.4 is 10.7 Å². The topological polar surface area (TPSA) is 59.3 Å². The molecule has 0 saturated heterocycles. The third-order valence-corrected chi connectivity index (χ3v) is 4.62. The second-order valence-electron chi connectivity index (χ2n) is 6.50. The zero-order chi connectivity index (χ0) is 19.4. The van der Waals surface area contributed by atoms with Crippen molar-refractivity contribution in [1.82, 2.24) is 0 Å². The summed E-state index contributed by atoms with van der Waals surface area (Å²) in [5.41, 5.74) is 4.77. The van der Waals surface area contributed by atoms with E-state index in [-0.39, 0.29) is 11.3 Å². The number of carbonyl (C=O) groups excluding carboxylic acids is 1. The van der Waals surface area contributed by atoms with Gasteiger partial charge in [0, 0.05) is 11.8 Å². The molecule has 1 N–H and O–H groups in total. The summed E-state index contributed by atoms with van der Waals surface area (Å²) in [6, 6.07) is 11.5. The van der Waals surface area contributed by atoms with Crippen LogP contribution in [-0.4, -0.2) is 5.91 Å². The predicted molar refractivity (Wildman–Crippen MR) is 110 cm³/mol. The smallest absolute Gasteiger partial charge is 0.248 e. The minimum Gasteiger partial charge on any atom is -0.463 e. The van der Waals surface area contributed by atoms with Crippen molar-refractivity contribution in [2.45, 2.75) is 33.6 Å². The Morgan fingerprint density at radius 2 is 1.81 bits per heavy atom. The van der Waals surface area contributed by atoms with Crippen molar-refractivity contribution >= 4 is 28.6 Å². The van der Waals surface area contributed by atoms with Crippen molar-refractivity contribution in [2.24, 2.45) is 0 Å². The number of amides is 1. The van der Waals surface area contributed by atoms with Crippen LogP contribution in [0.3, 0.4) is 0 Å². The summed E-state index contributed by atoms with van der Waals surface area (Å²) < 4.78 is 5.52. The van der Waals surface area contributed by atoms with Crippen molar-refractivity contribution in [3.8, 4) is 0 Å². The quantitative estimate of drug-likeness (QED) is 0.659. The monoisotopic (exact) mass is 361 g/mol. The van der Waals surface area contributed by atoms with Gasteiger partial charge in [-0.05, 0) is 49.1 Å². The highest BCUT2D eigenvalue weighted by Gasteiger charge is 2.09. The molecule has 0 aliphatic heterocycles. The van der Waals surface area contributed by atoms with Crippen molar-refractivity contribution in [1.29, 1.82) is 0 Å². The third kappa shape index (κ3) is 4.00. The highest BCUT2D eigenvalue weighted by atomic mass is 16.3. The first-order valence-electron chi connectivity index (χ1n) is 9.15. The van der Waals surface area contributed by atoms with E-state index in [4.69, 9.17) is 4.42 Å². The van der Waals surface area contributed by atoms with Crippen LogP contribution in [0.2, 0.25) is 0 Å². The van der Waals surface area contributed by atoms with Gasteiger partial charge in [0.05, 0.1) is 10.9 Å². The average Bonchev–Trinajstić information content (AvgIpc) is 2.68. The Kier molecular flexibility index (Phi) is 5.55. The second kappa shape index (κ2) is 8.04. The number of rotatable bonds is 5. The maximum atomic E-state index is 12.6. The summed E-state index contributed by atoms with van der Waals surface area (Å²) in [4.78, 5) is 25.0. The zero-order valence-corrected chi connectivity index (χ0v) is 15.8. The van der Waals surface area contributed by atoms with Gasteiger partial charge >= 0.3 is 0 Å². The molecular formula is C23H23NO3.